The van der Waals surface area contributed by atoms with E-state index in [0.29, 0.717) is 0 Å². The Balaban J connectivity index is 1.69. The molecule has 2 aromatic rings. The van der Waals surface area contributed by atoms with Crippen molar-refractivity contribution in [1.82, 2.24) is 4.98 Å². The predicted octanol–water partition coefficient (Wildman–Crippen LogP) is 3.29. The molecule has 1 aromatic carbocycles. The minimum atomic E-state index is 0.733. The highest BCUT2D eigenvalue weighted by molar-refractivity contribution is 7.18. The van der Waals surface area contributed by atoms with E-state index in [2.05, 4.69) is 17.1 Å². The van der Waals surface area contributed by atoms with Crippen LogP contribution in [0.25, 0.3) is 10.2 Å². The van der Waals surface area contributed by atoms with Crippen LogP contribution in [-0.4, -0.2) is 18.1 Å². The molecule has 1 aliphatic carbocycles. The van der Waals surface area contributed by atoms with E-state index in [4.69, 9.17) is 10.5 Å². The lowest BCUT2D eigenvalue weighted by Gasteiger charge is -2.04. The lowest BCUT2D eigenvalue weighted by atomic mass is 10.3. The van der Waals surface area contributed by atoms with Crippen LogP contribution in [0.5, 0.6) is 5.75 Å². The second kappa shape index (κ2) is 5.24. The summed E-state index contributed by atoms with van der Waals surface area (Å²) in [6, 6.07) is 6.19. The molecule has 3 rings (SSSR count). The fourth-order valence-corrected chi connectivity index (χ4v) is 3.12. The van der Waals surface area contributed by atoms with Crippen LogP contribution in [0.1, 0.15) is 36.6 Å². The summed E-state index contributed by atoms with van der Waals surface area (Å²) in [6.45, 7) is 1.49. The molecule has 1 heterocycles. The molecule has 96 valence electrons. The Morgan fingerprint density at radius 3 is 3.00 bits per heavy atom. The van der Waals surface area contributed by atoms with Crippen molar-refractivity contribution in [3.8, 4) is 5.75 Å². The molecule has 18 heavy (non-hydrogen) atoms. The van der Waals surface area contributed by atoms with Gasteiger partial charge in [-0.25, -0.2) is 4.98 Å². The average molecular weight is 262 g/mol. The van der Waals surface area contributed by atoms with Crippen molar-refractivity contribution in [2.45, 2.75) is 31.6 Å². The van der Waals surface area contributed by atoms with Crippen LogP contribution in [0.4, 0.5) is 0 Å². The van der Waals surface area contributed by atoms with E-state index >= 15 is 0 Å². The summed E-state index contributed by atoms with van der Waals surface area (Å²) >= 11 is 1.81. The van der Waals surface area contributed by atoms with Crippen LogP contribution in [0.3, 0.4) is 0 Å². The molecule has 1 saturated carbocycles. The first-order valence-electron chi connectivity index (χ1n) is 6.60. The summed E-state index contributed by atoms with van der Waals surface area (Å²) in [4.78, 5) is 4.67. The smallest absolute Gasteiger partial charge is 0.120 e. The molecule has 0 unspecified atom stereocenters. The maximum atomic E-state index is 5.72. The lowest BCUT2D eigenvalue weighted by molar-refractivity contribution is 0.308. The number of hydrogen-bond donors (Lipinski definition) is 1. The van der Waals surface area contributed by atoms with Gasteiger partial charge in [0.2, 0.25) is 0 Å². The van der Waals surface area contributed by atoms with E-state index < -0.39 is 0 Å². The average Bonchev–Trinajstić information content (AvgIpc) is 3.15. The molecule has 1 aliphatic rings. The molecule has 1 aromatic heterocycles. The zero-order chi connectivity index (χ0) is 12.4. The highest BCUT2D eigenvalue weighted by atomic mass is 32.1. The Hall–Kier alpha value is -1.13. The van der Waals surface area contributed by atoms with Crippen molar-refractivity contribution < 1.29 is 4.74 Å². The number of benzene rings is 1. The van der Waals surface area contributed by atoms with Crippen LogP contribution >= 0.6 is 11.3 Å². The van der Waals surface area contributed by atoms with E-state index in [9.17, 15) is 0 Å². The molecule has 0 atom stereocenters. The number of aromatic nitrogens is 1. The number of ether oxygens (including phenoxy) is 1. The van der Waals surface area contributed by atoms with Gasteiger partial charge in [0.05, 0.1) is 21.8 Å². The summed E-state index contributed by atoms with van der Waals surface area (Å²) in [6.07, 6.45) is 4.66. The quantitative estimate of drug-likeness (QED) is 0.813. The van der Waals surface area contributed by atoms with Crippen LogP contribution < -0.4 is 10.5 Å². The minimum absolute atomic E-state index is 0.733. The van der Waals surface area contributed by atoms with Gasteiger partial charge in [0.25, 0.3) is 0 Å². The van der Waals surface area contributed by atoms with Gasteiger partial charge < -0.3 is 10.5 Å². The van der Waals surface area contributed by atoms with Crippen LogP contribution in [-0.2, 0) is 0 Å². The van der Waals surface area contributed by atoms with E-state index in [-0.39, 0.29) is 0 Å². The van der Waals surface area contributed by atoms with Gasteiger partial charge in [0, 0.05) is 5.92 Å². The maximum absolute atomic E-state index is 5.72. The lowest BCUT2D eigenvalue weighted by Crippen LogP contribution is -2.03. The highest BCUT2D eigenvalue weighted by Gasteiger charge is 2.26. The monoisotopic (exact) mass is 262 g/mol. The third-order valence-electron chi connectivity index (χ3n) is 3.17. The largest absolute Gasteiger partial charge is 0.494 e. The van der Waals surface area contributed by atoms with Crippen molar-refractivity contribution in [1.29, 1.82) is 0 Å². The molecule has 3 nitrogen and oxygen atoms in total. The summed E-state index contributed by atoms with van der Waals surface area (Å²) in [5.74, 6) is 1.68. The first-order chi connectivity index (χ1) is 8.86. The number of rotatable bonds is 6. The SMILES string of the molecule is NCCCCOc1ccc2nc(C3CC3)sc2c1. The number of fused-ring (bicyclic) bond motifs is 1. The van der Waals surface area contributed by atoms with Crippen molar-refractivity contribution in [2.24, 2.45) is 5.73 Å². The molecular formula is C14H18N2OS. The molecule has 0 spiro atoms. The third kappa shape index (κ3) is 2.65. The van der Waals surface area contributed by atoms with Crippen LogP contribution in [0, 0.1) is 0 Å². The number of nitrogens with zero attached hydrogens (tertiary/aromatic N) is 1. The first kappa shape index (κ1) is 11.9. The Morgan fingerprint density at radius 2 is 2.22 bits per heavy atom. The van der Waals surface area contributed by atoms with Crippen molar-refractivity contribution in [3.63, 3.8) is 0 Å². The van der Waals surface area contributed by atoms with Gasteiger partial charge in [-0.15, -0.1) is 11.3 Å². The first-order valence-corrected chi connectivity index (χ1v) is 7.42. The molecule has 2 N–H and O–H groups in total. The number of thiazole rings is 1. The number of hydrogen-bond acceptors (Lipinski definition) is 4. The Kier molecular flexibility index (Phi) is 3.48. The number of unbranched alkanes of at least 4 members (excludes halogenated alkanes) is 1. The zero-order valence-electron chi connectivity index (χ0n) is 10.4. The van der Waals surface area contributed by atoms with Gasteiger partial charge in [-0.05, 0) is 50.4 Å². The van der Waals surface area contributed by atoms with Gasteiger partial charge in [-0.1, -0.05) is 0 Å². The van der Waals surface area contributed by atoms with E-state index in [1.807, 2.05) is 17.4 Å². The van der Waals surface area contributed by atoms with Gasteiger partial charge in [-0.3, -0.25) is 0 Å². The van der Waals surface area contributed by atoms with Gasteiger partial charge in [0.15, 0.2) is 0 Å². The van der Waals surface area contributed by atoms with E-state index in [1.165, 1.54) is 22.5 Å². The van der Waals surface area contributed by atoms with Crippen molar-refractivity contribution in [3.05, 3.63) is 23.2 Å². The molecule has 0 bridgehead atoms. The minimum Gasteiger partial charge on any atom is -0.494 e. The Morgan fingerprint density at radius 1 is 1.33 bits per heavy atom. The van der Waals surface area contributed by atoms with E-state index in [1.54, 1.807) is 0 Å². The van der Waals surface area contributed by atoms with Crippen molar-refractivity contribution in [2.75, 3.05) is 13.2 Å². The normalized spacial score (nSPS) is 15.2. The summed E-state index contributed by atoms with van der Waals surface area (Å²) in [5.41, 5.74) is 6.56. The molecule has 1 fully saturated rings. The molecule has 0 saturated heterocycles. The molecule has 0 amide bonds. The van der Waals surface area contributed by atoms with Crippen LogP contribution in [0.15, 0.2) is 18.2 Å². The van der Waals surface area contributed by atoms with Gasteiger partial charge >= 0.3 is 0 Å². The predicted molar refractivity (Wildman–Crippen MR) is 75.4 cm³/mol. The Labute approximate surface area is 111 Å². The fraction of sp³-hybridized carbons (Fsp3) is 0.500. The molecule has 0 aliphatic heterocycles. The van der Waals surface area contributed by atoms with Crippen molar-refractivity contribution >= 4 is 21.6 Å². The highest BCUT2D eigenvalue weighted by Crippen LogP contribution is 2.43. The molecule has 0 radical (unpaired) electrons. The summed E-state index contributed by atoms with van der Waals surface area (Å²) < 4.78 is 6.97. The molecule has 4 heteroatoms. The second-order valence-electron chi connectivity index (χ2n) is 4.80. The standard InChI is InChI=1S/C14H18N2OS/c15-7-1-2-8-17-11-5-6-12-13(9-11)18-14(16-12)10-3-4-10/h5-6,9-10H,1-4,7-8,15H2. The second-order valence-corrected chi connectivity index (χ2v) is 5.86. The Bertz CT molecular complexity index is 534. The molecular weight excluding hydrogens is 244 g/mol. The van der Waals surface area contributed by atoms with Gasteiger partial charge in [0.1, 0.15) is 5.75 Å². The third-order valence-corrected chi connectivity index (χ3v) is 4.35. The fourth-order valence-electron chi connectivity index (χ4n) is 1.95. The number of nitrogens with two attached hydrogens (primary N) is 1. The van der Waals surface area contributed by atoms with E-state index in [0.717, 1.165) is 43.2 Å². The zero-order valence-corrected chi connectivity index (χ0v) is 11.2. The van der Waals surface area contributed by atoms with Gasteiger partial charge in [-0.2, -0.15) is 0 Å². The van der Waals surface area contributed by atoms with Crippen LogP contribution in [0.2, 0.25) is 0 Å². The topological polar surface area (TPSA) is 48.1 Å². The summed E-state index contributed by atoms with van der Waals surface area (Å²) in [7, 11) is 0. The maximum Gasteiger partial charge on any atom is 0.120 e. The summed E-state index contributed by atoms with van der Waals surface area (Å²) in [5, 5.41) is 1.30.